The van der Waals surface area contributed by atoms with Gasteiger partial charge in [0.25, 0.3) is 5.91 Å². The fourth-order valence-electron chi connectivity index (χ4n) is 2.69. The first-order valence-electron chi connectivity index (χ1n) is 7.30. The zero-order chi connectivity index (χ0) is 13.8. The molecule has 1 amide bonds. The van der Waals surface area contributed by atoms with Crippen LogP contribution in [0.2, 0.25) is 0 Å². The molecule has 1 aromatic heterocycles. The van der Waals surface area contributed by atoms with E-state index in [0.29, 0.717) is 11.9 Å². The van der Waals surface area contributed by atoms with E-state index < -0.39 is 0 Å². The number of H-pyrrole nitrogens is 1. The normalized spacial score (nSPS) is 23.3. The highest BCUT2D eigenvalue weighted by molar-refractivity contribution is 5.90. The van der Waals surface area contributed by atoms with E-state index in [9.17, 15) is 4.79 Å². The molecule has 19 heavy (non-hydrogen) atoms. The number of nitrogens with zero attached hydrogens (tertiary/aromatic N) is 3. The van der Waals surface area contributed by atoms with E-state index in [-0.39, 0.29) is 5.91 Å². The summed E-state index contributed by atoms with van der Waals surface area (Å²) in [7, 11) is 1.87. The lowest BCUT2D eigenvalue weighted by atomic mass is 9.87. The Labute approximate surface area is 114 Å². The Bertz CT molecular complexity index is 421. The van der Waals surface area contributed by atoms with Gasteiger partial charge < -0.3 is 4.90 Å². The molecule has 1 saturated carbocycles. The van der Waals surface area contributed by atoms with Gasteiger partial charge in [0.2, 0.25) is 5.82 Å². The zero-order valence-electron chi connectivity index (χ0n) is 12.1. The number of amides is 1. The SMILES string of the molecule is CCCc1nc(C(=O)N(C)C2CCC(C)CC2)n[nH]1. The monoisotopic (exact) mass is 264 g/mol. The van der Waals surface area contributed by atoms with Crippen molar-refractivity contribution >= 4 is 5.91 Å². The van der Waals surface area contributed by atoms with Crippen molar-refractivity contribution in [3.63, 3.8) is 0 Å². The van der Waals surface area contributed by atoms with Gasteiger partial charge in [-0.15, -0.1) is 5.10 Å². The lowest BCUT2D eigenvalue weighted by Gasteiger charge is -2.32. The van der Waals surface area contributed by atoms with Crippen LogP contribution in [-0.4, -0.2) is 39.1 Å². The predicted octanol–water partition coefficient (Wildman–Crippen LogP) is 2.41. The first-order chi connectivity index (χ1) is 9.11. The molecule has 1 fully saturated rings. The Morgan fingerprint density at radius 3 is 2.68 bits per heavy atom. The summed E-state index contributed by atoms with van der Waals surface area (Å²) in [6.07, 6.45) is 6.43. The summed E-state index contributed by atoms with van der Waals surface area (Å²) in [5.74, 6) is 1.85. The minimum Gasteiger partial charge on any atom is -0.336 e. The van der Waals surface area contributed by atoms with Gasteiger partial charge in [0.15, 0.2) is 0 Å². The molecule has 1 N–H and O–H groups in total. The van der Waals surface area contributed by atoms with E-state index in [4.69, 9.17) is 0 Å². The molecule has 106 valence electrons. The van der Waals surface area contributed by atoms with Gasteiger partial charge in [-0.05, 0) is 38.0 Å². The van der Waals surface area contributed by atoms with E-state index in [1.165, 1.54) is 12.8 Å². The maximum absolute atomic E-state index is 12.3. The molecule has 2 rings (SSSR count). The molecule has 0 aliphatic heterocycles. The largest absolute Gasteiger partial charge is 0.336 e. The maximum Gasteiger partial charge on any atom is 0.293 e. The second-order valence-electron chi connectivity index (χ2n) is 5.69. The highest BCUT2D eigenvalue weighted by Crippen LogP contribution is 2.26. The Morgan fingerprint density at radius 2 is 2.05 bits per heavy atom. The molecule has 0 saturated heterocycles. The van der Waals surface area contributed by atoms with Crippen molar-refractivity contribution in [3.8, 4) is 0 Å². The summed E-state index contributed by atoms with van der Waals surface area (Å²) in [6.45, 7) is 4.36. The topological polar surface area (TPSA) is 61.9 Å². The van der Waals surface area contributed by atoms with Crippen molar-refractivity contribution in [1.82, 2.24) is 20.1 Å². The lowest BCUT2D eigenvalue weighted by Crippen LogP contribution is -2.39. The number of carbonyl (C=O) groups excluding carboxylic acids is 1. The van der Waals surface area contributed by atoms with Crippen LogP contribution < -0.4 is 0 Å². The second-order valence-corrected chi connectivity index (χ2v) is 5.69. The number of rotatable bonds is 4. The van der Waals surface area contributed by atoms with E-state index >= 15 is 0 Å². The average Bonchev–Trinajstić information content (AvgIpc) is 2.87. The number of aryl methyl sites for hydroxylation is 1. The molecule has 5 nitrogen and oxygen atoms in total. The summed E-state index contributed by atoms with van der Waals surface area (Å²) in [5, 5.41) is 6.88. The van der Waals surface area contributed by atoms with Crippen LogP contribution in [0, 0.1) is 5.92 Å². The van der Waals surface area contributed by atoms with E-state index in [1.807, 2.05) is 11.9 Å². The van der Waals surface area contributed by atoms with Gasteiger partial charge in [-0.25, -0.2) is 4.98 Å². The molecule has 0 atom stereocenters. The predicted molar refractivity (Wildman–Crippen MR) is 73.9 cm³/mol. The zero-order valence-corrected chi connectivity index (χ0v) is 12.1. The van der Waals surface area contributed by atoms with E-state index in [2.05, 4.69) is 29.0 Å². The molecule has 0 bridgehead atoms. The Morgan fingerprint density at radius 1 is 1.37 bits per heavy atom. The minimum absolute atomic E-state index is 0.0573. The fraction of sp³-hybridized carbons (Fsp3) is 0.786. The molecule has 0 unspecified atom stereocenters. The Hall–Kier alpha value is -1.39. The standard InChI is InChI=1S/C14H24N4O/c1-4-5-12-15-13(17-16-12)14(19)18(3)11-8-6-10(2)7-9-11/h10-11H,4-9H2,1-3H3,(H,15,16,17). The van der Waals surface area contributed by atoms with Gasteiger partial charge in [0.1, 0.15) is 5.82 Å². The van der Waals surface area contributed by atoms with Crippen molar-refractivity contribution in [2.75, 3.05) is 7.05 Å². The molecule has 5 heteroatoms. The molecule has 0 radical (unpaired) electrons. The minimum atomic E-state index is -0.0573. The van der Waals surface area contributed by atoms with Crippen LogP contribution in [0.25, 0.3) is 0 Å². The molecule has 1 aliphatic rings. The van der Waals surface area contributed by atoms with Crippen LogP contribution in [0.5, 0.6) is 0 Å². The lowest BCUT2D eigenvalue weighted by molar-refractivity contribution is 0.0667. The highest BCUT2D eigenvalue weighted by atomic mass is 16.2. The van der Waals surface area contributed by atoms with Gasteiger partial charge in [-0.3, -0.25) is 9.89 Å². The van der Waals surface area contributed by atoms with Gasteiger partial charge >= 0.3 is 0 Å². The van der Waals surface area contributed by atoms with Crippen LogP contribution in [0.15, 0.2) is 0 Å². The second kappa shape index (κ2) is 6.17. The van der Waals surface area contributed by atoms with Crippen LogP contribution in [-0.2, 0) is 6.42 Å². The molecular formula is C14H24N4O. The first kappa shape index (κ1) is 14.0. The van der Waals surface area contributed by atoms with Crippen molar-refractivity contribution in [3.05, 3.63) is 11.6 Å². The van der Waals surface area contributed by atoms with Crippen LogP contribution in [0.4, 0.5) is 0 Å². The van der Waals surface area contributed by atoms with Crippen molar-refractivity contribution in [2.24, 2.45) is 5.92 Å². The summed E-state index contributed by atoms with van der Waals surface area (Å²) in [4.78, 5) is 18.4. The third-order valence-electron chi connectivity index (χ3n) is 4.06. The highest BCUT2D eigenvalue weighted by Gasteiger charge is 2.27. The van der Waals surface area contributed by atoms with Crippen LogP contribution in [0.1, 0.15) is 62.4 Å². The molecule has 1 heterocycles. The number of aromatic amines is 1. The molecule has 0 aromatic carbocycles. The van der Waals surface area contributed by atoms with Crippen molar-refractivity contribution in [1.29, 1.82) is 0 Å². The molecule has 1 aromatic rings. The number of hydrogen-bond donors (Lipinski definition) is 1. The first-order valence-corrected chi connectivity index (χ1v) is 7.30. The number of aromatic nitrogens is 3. The van der Waals surface area contributed by atoms with Gasteiger partial charge in [0, 0.05) is 19.5 Å². The van der Waals surface area contributed by atoms with Gasteiger partial charge in [-0.2, -0.15) is 0 Å². The smallest absolute Gasteiger partial charge is 0.293 e. The summed E-state index contributed by atoms with van der Waals surface area (Å²) >= 11 is 0. The number of hydrogen-bond acceptors (Lipinski definition) is 3. The van der Waals surface area contributed by atoms with Crippen LogP contribution >= 0.6 is 0 Å². The summed E-state index contributed by atoms with van der Waals surface area (Å²) in [6, 6.07) is 0.344. The average molecular weight is 264 g/mol. The van der Waals surface area contributed by atoms with E-state index in [0.717, 1.165) is 37.4 Å². The van der Waals surface area contributed by atoms with Crippen molar-refractivity contribution in [2.45, 2.75) is 58.4 Å². The quantitative estimate of drug-likeness (QED) is 0.908. The third kappa shape index (κ3) is 3.33. The maximum atomic E-state index is 12.3. The third-order valence-corrected chi connectivity index (χ3v) is 4.06. The Balaban J connectivity index is 1.97. The Kier molecular flexibility index (Phi) is 4.56. The molecule has 0 spiro atoms. The summed E-state index contributed by atoms with van der Waals surface area (Å²) < 4.78 is 0. The van der Waals surface area contributed by atoms with Gasteiger partial charge in [-0.1, -0.05) is 13.8 Å². The van der Waals surface area contributed by atoms with Gasteiger partial charge in [0.05, 0.1) is 0 Å². The summed E-state index contributed by atoms with van der Waals surface area (Å²) in [5.41, 5.74) is 0. The molecule has 1 aliphatic carbocycles. The number of carbonyl (C=O) groups is 1. The fourth-order valence-corrected chi connectivity index (χ4v) is 2.69. The molecular weight excluding hydrogens is 240 g/mol. The van der Waals surface area contributed by atoms with Crippen molar-refractivity contribution < 1.29 is 4.79 Å². The van der Waals surface area contributed by atoms with Crippen LogP contribution in [0.3, 0.4) is 0 Å². The van der Waals surface area contributed by atoms with E-state index in [1.54, 1.807) is 0 Å². The number of nitrogens with one attached hydrogen (secondary N) is 1.